The van der Waals surface area contributed by atoms with Crippen LogP contribution in [0.2, 0.25) is 5.02 Å². The molecule has 0 spiro atoms. The molecule has 0 unspecified atom stereocenters. The van der Waals surface area contributed by atoms with Gasteiger partial charge in [0.15, 0.2) is 0 Å². The minimum atomic E-state index is -3.84. The van der Waals surface area contributed by atoms with Crippen LogP contribution >= 0.6 is 11.6 Å². The van der Waals surface area contributed by atoms with E-state index in [9.17, 15) is 12.8 Å². The second-order valence-corrected chi connectivity index (χ2v) is 5.50. The molecule has 0 amide bonds. The Hall–Kier alpha value is -0.690. The lowest BCUT2D eigenvalue weighted by Gasteiger charge is -2.08. The SMILES string of the molecule is CCNCCNS(=O)(=O)c1cc(Cl)ccc1F. The molecular weight excluding hydrogens is 267 g/mol. The first-order valence-electron chi connectivity index (χ1n) is 5.13. The highest BCUT2D eigenvalue weighted by molar-refractivity contribution is 7.89. The molecule has 0 saturated carbocycles. The Kier molecular flexibility index (Phi) is 5.32. The molecule has 0 aliphatic heterocycles. The highest BCUT2D eigenvalue weighted by Crippen LogP contribution is 2.19. The monoisotopic (exact) mass is 280 g/mol. The Morgan fingerprint density at radius 1 is 1.35 bits per heavy atom. The van der Waals surface area contributed by atoms with E-state index in [2.05, 4.69) is 10.0 Å². The molecule has 0 radical (unpaired) electrons. The molecule has 4 nitrogen and oxygen atoms in total. The largest absolute Gasteiger partial charge is 0.316 e. The van der Waals surface area contributed by atoms with Gasteiger partial charge in [0.2, 0.25) is 10.0 Å². The van der Waals surface area contributed by atoms with Crippen molar-refractivity contribution in [3.05, 3.63) is 29.0 Å². The number of nitrogens with one attached hydrogen (secondary N) is 2. The molecule has 1 aromatic carbocycles. The Labute approximate surface area is 105 Å². The Morgan fingerprint density at radius 3 is 2.71 bits per heavy atom. The second kappa shape index (κ2) is 6.30. The maximum Gasteiger partial charge on any atom is 0.243 e. The van der Waals surface area contributed by atoms with Gasteiger partial charge in [0, 0.05) is 18.1 Å². The van der Waals surface area contributed by atoms with Crippen molar-refractivity contribution < 1.29 is 12.8 Å². The van der Waals surface area contributed by atoms with Gasteiger partial charge in [-0.25, -0.2) is 17.5 Å². The third-order valence-electron chi connectivity index (χ3n) is 2.03. The van der Waals surface area contributed by atoms with Gasteiger partial charge in [0.25, 0.3) is 0 Å². The molecule has 1 rings (SSSR count). The quantitative estimate of drug-likeness (QED) is 0.774. The van der Waals surface area contributed by atoms with Crippen molar-refractivity contribution in [2.24, 2.45) is 0 Å². The molecule has 17 heavy (non-hydrogen) atoms. The van der Waals surface area contributed by atoms with Gasteiger partial charge in [0.05, 0.1) is 0 Å². The number of likely N-dealkylation sites (N-methyl/N-ethyl adjacent to an activating group) is 1. The summed E-state index contributed by atoms with van der Waals surface area (Å²) in [5, 5.41) is 3.13. The molecule has 0 bridgehead atoms. The molecule has 0 aliphatic rings. The topological polar surface area (TPSA) is 58.2 Å². The van der Waals surface area contributed by atoms with Gasteiger partial charge >= 0.3 is 0 Å². The van der Waals surface area contributed by atoms with Gasteiger partial charge in [-0.15, -0.1) is 0 Å². The minimum absolute atomic E-state index is 0.179. The van der Waals surface area contributed by atoms with Gasteiger partial charge < -0.3 is 5.32 Å². The molecule has 0 saturated heterocycles. The predicted octanol–water partition coefficient (Wildman–Crippen LogP) is 1.37. The van der Waals surface area contributed by atoms with E-state index in [1.54, 1.807) is 0 Å². The summed E-state index contributed by atoms with van der Waals surface area (Å²) < 4.78 is 39.1. The molecule has 2 N–H and O–H groups in total. The average Bonchev–Trinajstić information content (AvgIpc) is 2.28. The van der Waals surface area contributed by atoms with E-state index in [1.165, 1.54) is 6.07 Å². The molecule has 0 aromatic heterocycles. The maximum atomic E-state index is 13.3. The Morgan fingerprint density at radius 2 is 2.06 bits per heavy atom. The summed E-state index contributed by atoms with van der Waals surface area (Å²) in [6, 6.07) is 3.42. The molecular formula is C10H14ClFN2O2S. The van der Waals surface area contributed by atoms with E-state index in [4.69, 9.17) is 11.6 Å². The zero-order valence-electron chi connectivity index (χ0n) is 9.33. The van der Waals surface area contributed by atoms with Crippen molar-refractivity contribution in [2.75, 3.05) is 19.6 Å². The maximum absolute atomic E-state index is 13.3. The highest BCUT2D eigenvalue weighted by atomic mass is 35.5. The molecule has 0 aliphatic carbocycles. The molecule has 0 atom stereocenters. The Bertz CT molecular complexity index is 479. The van der Waals surface area contributed by atoms with Crippen LogP contribution in [0.4, 0.5) is 4.39 Å². The third kappa shape index (κ3) is 4.23. The van der Waals surface area contributed by atoms with Gasteiger partial charge in [-0.3, -0.25) is 0 Å². The molecule has 7 heteroatoms. The van der Waals surface area contributed by atoms with Crippen molar-refractivity contribution in [2.45, 2.75) is 11.8 Å². The lowest BCUT2D eigenvalue weighted by Crippen LogP contribution is -2.32. The van der Waals surface area contributed by atoms with E-state index in [0.717, 1.165) is 18.7 Å². The van der Waals surface area contributed by atoms with Crippen LogP contribution in [0.5, 0.6) is 0 Å². The highest BCUT2D eigenvalue weighted by Gasteiger charge is 2.18. The first kappa shape index (κ1) is 14.4. The van der Waals surface area contributed by atoms with Crippen LogP contribution in [-0.2, 0) is 10.0 Å². The third-order valence-corrected chi connectivity index (χ3v) is 3.74. The normalized spacial score (nSPS) is 11.7. The van der Waals surface area contributed by atoms with Crippen LogP contribution in [0.3, 0.4) is 0 Å². The summed E-state index contributed by atoms with van der Waals surface area (Å²) in [6.07, 6.45) is 0. The van der Waals surface area contributed by atoms with Crippen molar-refractivity contribution in [1.82, 2.24) is 10.0 Å². The minimum Gasteiger partial charge on any atom is -0.316 e. The number of rotatable bonds is 6. The number of halogens is 2. The number of hydrogen-bond donors (Lipinski definition) is 2. The van der Waals surface area contributed by atoms with Crippen molar-refractivity contribution in [3.8, 4) is 0 Å². The first-order chi connectivity index (χ1) is 7.97. The molecule has 0 heterocycles. The molecule has 96 valence electrons. The van der Waals surface area contributed by atoms with Crippen LogP contribution < -0.4 is 10.0 Å². The van der Waals surface area contributed by atoms with Crippen LogP contribution in [0.1, 0.15) is 6.92 Å². The van der Waals surface area contributed by atoms with Crippen LogP contribution in [0, 0.1) is 5.82 Å². The first-order valence-corrected chi connectivity index (χ1v) is 6.99. The zero-order chi connectivity index (χ0) is 12.9. The van der Waals surface area contributed by atoms with E-state index in [0.29, 0.717) is 6.54 Å². The summed E-state index contributed by atoms with van der Waals surface area (Å²) in [6.45, 7) is 3.33. The van der Waals surface area contributed by atoms with E-state index in [-0.39, 0.29) is 11.6 Å². The van der Waals surface area contributed by atoms with Gasteiger partial charge in [0.1, 0.15) is 10.7 Å². The fourth-order valence-electron chi connectivity index (χ4n) is 1.21. The van der Waals surface area contributed by atoms with Crippen molar-refractivity contribution >= 4 is 21.6 Å². The number of sulfonamides is 1. The fraction of sp³-hybridized carbons (Fsp3) is 0.400. The van der Waals surface area contributed by atoms with Crippen molar-refractivity contribution in [1.29, 1.82) is 0 Å². The van der Waals surface area contributed by atoms with Gasteiger partial charge in [-0.1, -0.05) is 18.5 Å². The zero-order valence-corrected chi connectivity index (χ0v) is 10.9. The Balaban J connectivity index is 2.79. The van der Waals surface area contributed by atoms with E-state index in [1.807, 2.05) is 6.92 Å². The lowest BCUT2D eigenvalue weighted by atomic mass is 10.3. The summed E-state index contributed by atoms with van der Waals surface area (Å²) in [4.78, 5) is -0.429. The number of hydrogen-bond acceptors (Lipinski definition) is 3. The van der Waals surface area contributed by atoms with Crippen LogP contribution in [0.25, 0.3) is 0 Å². The van der Waals surface area contributed by atoms with Crippen LogP contribution in [0.15, 0.2) is 23.1 Å². The number of benzene rings is 1. The second-order valence-electron chi connectivity index (χ2n) is 3.33. The standard InChI is InChI=1S/C10H14ClFN2O2S/c1-2-13-5-6-14-17(15,16)10-7-8(11)3-4-9(10)12/h3-4,7,13-14H,2,5-6H2,1H3. The van der Waals surface area contributed by atoms with Crippen molar-refractivity contribution in [3.63, 3.8) is 0 Å². The summed E-state index contributed by atoms with van der Waals surface area (Å²) >= 11 is 5.64. The van der Waals surface area contributed by atoms with Gasteiger partial charge in [-0.2, -0.15) is 0 Å². The predicted molar refractivity (Wildman–Crippen MR) is 65.1 cm³/mol. The summed E-state index contributed by atoms with van der Waals surface area (Å²) in [7, 11) is -3.84. The van der Waals surface area contributed by atoms with Gasteiger partial charge in [-0.05, 0) is 24.7 Å². The molecule has 0 fully saturated rings. The fourth-order valence-corrected chi connectivity index (χ4v) is 2.58. The molecule has 1 aromatic rings. The smallest absolute Gasteiger partial charge is 0.243 e. The summed E-state index contributed by atoms with van der Waals surface area (Å²) in [5.41, 5.74) is 0. The van der Waals surface area contributed by atoms with E-state index < -0.39 is 20.7 Å². The van der Waals surface area contributed by atoms with Crippen LogP contribution in [-0.4, -0.2) is 28.1 Å². The summed E-state index contributed by atoms with van der Waals surface area (Å²) in [5.74, 6) is -0.814. The van der Waals surface area contributed by atoms with E-state index >= 15 is 0 Å². The lowest BCUT2D eigenvalue weighted by molar-refractivity contribution is 0.554. The average molecular weight is 281 g/mol.